The van der Waals surface area contributed by atoms with Crippen molar-refractivity contribution in [1.29, 1.82) is 0 Å². The second kappa shape index (κ2) is 7.83. The third-order valence-electron chi connectivity index (χ3n) is 3.50. The van der Waals surface area contributed by atoms with Crippen LogP contribution >= 0.6 is 27.5 Å². The van der Waals surface area contributed by atoms with Gasteiger partial charge in [0.25, 0.3) is 0 Å². The van der Waals surface area contributed by atoms with Gasteiger partial charge in [0.1, 0.15) is 5.75 Å². The Kier molecular flexibility index (Phi) is 6.09. The van der Waals surface area contributed by atoms with Crippen LogP contribution in [0.25, 0.3) is 0 Å². The Morgan fingerprint density at radius 1 is 1.19 bits per heavy atom. The fraction of sp³-hybridized carbons (Fsp3) is 0.294. The number of methoxy groups -OCH3 is 1. The van der Waals surface area contributed by atoms with E-state index in [0.717, 1.165) is 27.2 Å². The molecule has 2 nitrogen and oxygen atoms in total. The summed E-state index contributed by atoms with van der Waals surface area (Å²) >= 11 is 9.74. The minimum Gasteiger partial charge on any atom is -0.496 e. The largest absolute Gasteiger partial charge is 0.496 e. The molecular formula is C17H19BrClNO. The molecule has 1 N–H and O–H groups in total. The number of rotatable bonds is 6. The van der Waals surface area contributed by atoms with Crippen molar-refractivity contribution >= 4 is 27.5 Å². The van der Waals surface area contributed by atoms with Crippen LogP contribution < -0.4 is 10.1 Å². The molecule has 1 unspecified atom stereocenters. The SMILES string of the molecule is CCC(NCc1c(Cl)cccc1OC)c1ccc(Br)cc1. The molecule has 0 spiro atoms. The summed E-state index contributed by atoms with van der Waals surface area (Å²) in [5.41, 5.74) is 2.27. The highest BCUT2D eigenvalue weighted by atomic mass is 79.9. The first-order valence-corrected chi connectivity index (χ1v) is 8.13. The quantitative estimate of drug-likeness (QED) is 0.742. The minimum atomic E-state index is 0.291. The summed E-state index contributed by atoms with van der Waals surface area (Å²) in [5.74, 6) is 0.820. The summed E-state index contributed by atoms with van der Waals surface area (Å²) in [6.45, 7) is 2.85. The van der Waals surface area contributed by atoms with E-state index in [4.69, 9.17) is 16.3 Å². The first-order chi connectivity index (χ1) is 10.2. The summed E-state index contributed by atoms with van der Waals surface area (Å²) in [6.07, 6.45) is 1.01. The molecule has 0 bridgehead atoms. The van der Waals surface area contributed by atoms with Gasteiger partial charge in [0.15, 0.2) is 0 Å². The van der Waals surface area contributed by atoms with Crippen molar-refractivity contribution in [2.45, 2.75) is 25.9 Å². The molecule has 1 atom stereocenters. The number of benzene rings is 2. The Morgan fingerprint density at radius 3 is 2.52 bits per heavy atom. The van der Waals surface area contributed by atoms with Gasteiger partial charge >= 0.3 is 0 Å². The van der Waals surface area contributed by atoms with Gasteiger partial charge in [0, 0.05) is 27.6 Å². The van der Waals surface area contributed by atoms with Gasteiger partial charge in [0.2, 0.25) is 0 Å². The summed E-state index contributed by atoms with van der Waals surface area (Å²) in [5, 5.41) is 4.29. The molecule has 0 aliphatic heterocycles. The average Bonchev–Trinajstić information content (AvgIpc) is 2.50. The van der Waals surface area contributed by atoms with Gasteiger partial charge in [-0.1, -0.05) is 52.7 Å². The highest BCUT2D eigenvalue weighted by Gasteiger charge is 2.12. The molecule has 0 heterocycles. The smallest absolute Gasteiger partial charge is 0.124 e. The molecule has 0 aliphatic carbocycles. The van der Waals surface area contributed by atoms with E-state index in [1.807, 2.05) is 18.2 Å². The lowest BCUT2D eigenvalue weighted by Crippen LogP contribution is -2.20. The molecule has 0 saturated carbocycles. The maximum atomic E-state index is 6.28. The standard InChI is InChI=1S/C17H19BrClNO/c1-3-16(12-7-9-13(18)10-8-12)20-11-14-15(19)5-4-6-17(14)21-2/h4-10,16,20H,3,11H2,1-2H3. The molecule has 2 aromatic rings. The lowest BCUT2D eigenvalue weighted by Gasteiger charge is -2.19. The third kappa shape index (κ3) is 4.22. The number of nitrogens with one attached hydrogen (secondary N) is 1. The summed E-state index contributed by atoms with van der Waals surface area (Å²) in [6, 6.07) is 14.4. The van der Waals surface area contributed by atoms with Crippen LogP contribution in [0.1, 0.15) is 30.5 Å². The van der Waals surface area contributed by atoms with Crippen LogP contribution in [0.15, 0.2) is 46.9 Å². The van der Waals surface area contributed by atoms with Crippen LogP contribution in [-0.2, 0) is 6.54 Å². The third-order valence-corrected chi connectivity index (χ3v) is 4.38. The number of hydrogen-bond acceptors (Lipinski definition) is 2. The zero-order valence-corrected chi connectivity index (χ0v) is 14.5. The van der Waals surface area contributed by atoms with Crippen LogP contribution in [0.2, 0.25) is 5.02 Å². The second-order valence-corrected chi connectivity index (χ2v) is 6.14. The predicted molar refractivity (Wildman–Crippen MR) is 92.0 cm³/mol. The normalized spacial score (nSPS) is 12.2. The Balaban J connectivity index is 2.12. The van der Waals surface area contributed by atoms with Gasteiger partial charge in [-0.15, -0.1) is 0 Å². The molecule has 112 valence electrons. The maximum Gasteiger partial charge on any atom is 0.124 e. The van der Waals surface area contributed by atoms with Gasteiger partial charge in [-0.3, -0.25) is 0 Å². The van der Waals surface area contributed by atoms with Crippen molar-refractivity contribution < 1.29 is 4.74 Å². The van der Waals surface area contributed by atoms with Gasteiger partial charge < -0.3 is 10.1 Å². The molecule has 4 heteroatoms. The highest BCUT2D eigenvalue weighted by molar-refractivity contribution is 9.10. The first-order valence-electron chi connectivity index (χ1n) is 6.96. The summed E-state index contributed by atoms with van der Waals surface area (Å²) < 4.78 is 6.47. The molecule has 21 heavy (non-hydrogen) atoms. The minimum absolute atomic E-state index is 0.291. The lowest BCUT2D eigenvalue weighted by atomic mass is 10.0. The predicted octanol–water partition coefficient (Wildman–Crippen LogP) is 5.35. The Morgan fingerprint density at radius 2 is 1.90 bits per heavy atom. The van der Waals surface area contributed by atoms with Gasteiger partial charge in [0.05, 0.1) is 7.11 Å². The van der Waals surface area contributed by atoms with Crippen molar-refractivity contribution in [3.63, 3.8) is 0 Å². The zero-order valence-electron chi connectivity index (χ0n) is 12.2. The van der Waals surface area contributed by atoms with Crippen LogP contribution in [0.5, 0.6) is 5.75 Å². The lowest BCUT2D eigenvalue weighted by molar-refractivity contribution is 0.404. The van der Waals surface area contributed by atoms with Crippen molar-refractivity contribution in [3.05, 3.63) is 63.1 Å². The number of hydrogen-bond donors (Lipinski definition) is 1. The molecule has 0 saturated heterocycles. The van der Waals surface area contributed by atoms with Gasteiger partial charge in [-0.05, 0) is 36.2 Å². The van der Waals surface area contributed by atoms with E-state index in [1.54, 1.807) is 7.11 Å². The van der Waals surface area contributed by atoms with Crippen molar-refractivity contribution in [1.82, 2.24) is 5.32 Å². The van der Waals surface area contributed by atoms with Crippen LogP contribution in [0.3, 0.4) is 0 Å². The Bertz CT molecular complexity index is 586. The molecule has 2 aromatic carbocycles. The molecule has 0 amide bonds. The second-order valence-electron chi connectivity index (χ2n) is 4.81. The molecule has 2 rings (SSSR count). The molecule has 0 radical (unpaired) electrons. The molecule has 0 aliphatic rings. The monoisotopic (exact) mass is 367 g/mol. The number of halogens is 2. The molecule has 0 aromatic heterocycles. The summed E-state index contributed by atoms with van der Waals surface area (Å²) in [4.78, 5) is 0. The van der Waals surface area contributed by atoms with E-state index in [9.17, 15) is 0 Å². The van der Waals surface area contributed by atoms with Gasteiger partial charge in [-0.25, -0.2) is 0 Å². The van der Waals surface area contributed by atoms with Crippen molar-refractivity contribution in [3.8, 4) is 5.75 Å². The summed E-state index contributed by atoms with van der Waals surface area (Å²) in [7, 11) is 1.67. The van der Waals surface area contributed by atoms with E-state index in [2.05, 4.69) is 52.4 Å². The van der Waals surface area contributed by atoms with Crippen LogP contribution in [0, 0.1) is 0 Å². The molecular weight excluding hydrogens is 350 g/mol. The van der Waals surface area contributed by atoms with E-state index < -0.39 is 0 Å². The zero-order chi connectivity index (χ0) is 15.2. The Labute approximate surface area is 139 Å². The fourth-order valence-corrected chi connectivity index (χ4v) is 2.82. The number of ether oxygens (including phenoxy) is 1. The van der Waals surface area contributed by atoms with Gasteiger partial charge in [-0.2, -0.15) is 0 Å². The molecule has 0 fully saturated rings. The van der Waals surface area contributed by atoms with Crippen molar-refractivity contribution in [2.75, 3.05) is 7.11 Å². The van der Waals surface area contributed by atoms with Crippen molar-refractivity contribution in [2.24, 2.45) is 0 Å². The topological polar surface area (TPSA) is 21.3 Å². The maximum absolute atomic E-state index is 6.28. The Hall–Kier alpha value is -1.03. The van der Waals surface area contributed by atoms with E-state index in [-0.39, 0.29) is 0 Å². The fourth-order valence-electron chi connectivity index (χ4n) is 2.32. The highest BCUT2D eigenvalue weighted by Crippen LogP contribution is 2.27. The van der Waals surface area contributed by atoms with Crippen LogP contribution in [0.4, 0.5) is 0 Å². The van der Waals surface area contributed by atoms with E-state index >= 15 is 0 Å². The first kappa shape index (κ1) is 16.3. The van der Waals surface area contributed by atoms with Crippen LogP contribution in [-0.4, -0.2) is 7.11 Å². The van der Waals surface area contributed by atoms with E-state index in [1.165, 1.54) is 5.56 Å². The average molecular weight is 369 g/mol. The van der Waals surface area contributed by atoms with E-state index in [0.29, 0.717) is 12.6 Å².